The predicted octanol–water partition coefficient (Wildman–Crippen LogP) is 7.63. The minimum absolute atomic E-state index is 0.204. The number of carbonyl (C=O) groups is 1. The number of hydrogen-bond donors (Lipinski definition) is 0. The zero-order chi connectivity index (χ0) is 26.0. The number of rotatable bonds is 4. The summed E-state index contributed by atoms with van der Waals surface area (Å²) in [5, 5.41) is 0. The third-order valence-electron chi connectivity index (χ3n) is 12.3. The van der Waals surface area contributed by atoms with Crippen molar-refractivity contribution in [1.82, 2.24) is 0 Å². The number of ketones is 1. The SMILES string of the molecule is C=C(c1ccccc1)C1COC2(CC[C@]3(C)C4CC[C@]5(C)C(C(C)C(C)=O)CCC5C4CC[C@@H]3C2)OO1. The van der Waals surface area contributed by atoms with Crippen LogP contribution in [0.2, 0.25) is 0 Å². The second-order valence-electron chi connectivity index (χ2n) is 13.8. The number of fused-ring (bicyclic) bond motifs is 5. The Morgan fingerprint density at radius 2 is 1.73 bits per heavy atom. The van der Waals surface area contributed by atoms with E-state index in [9.17, 15) is 4.79 Å². The Morgan fingerprint density at radius 1 is 0.973 bits per heavy atom. The molecule has 1 spiro atoms. The lowest BCUT2D eigenvalue weighted by Crippen LogP contribution is -2.58. The molecule has 0 N–H and O–H groups in total. The molecule has 5 aliphatic rings. The number of Topliss-reactive ketones (excluding diaryl/α,β-unsaturated/α-hetero) is 1. The Balaban J connectivity index is 1.13. The van der Waals surface area contributed by atoms with Gasteiger partial charge in [-0.05, 0) is 103 Å². The van der Waals surface area contributed by atoms with Crippen molar-refractivity contribution in [1.29, 1.82) is 0 Å². The van der Waals surface area contributed by atoms with Crippen molar-refractivity contribution in [2.75, 3.05) is 6.61 Å². The van der Waals surface area contributed by atoms with E-state index in [1.807, 2.05) is 18.2 Å². The maximum absolute atomic E-state index is 12.3. The second-order valence-corrected chi connectivity index (χ2v) is 13.8. The number of carbonyl (C=O) groups excluding carboxylic acids is 1. The van der Waals surface area contributed by atoms with E-state index in [4.69, 9.17) is 14.5 Å². The van der Waals surface area contributed by atoms with E-state index >= 15 is 0 Å². The van der Waals surface area contributed by atoms with Gasteiger partial charge in [0.15, 0.2) is 0 Å². The Labute approximate surface area is 223 Å². The van der Waals surface area contributed by atoms with Crippen molar-refractivity contribution in [3.63, 3.8) is 0 Å². The van der Waals surface area contributed by atoms with Gasteiger partial charge in [0.2, 0.25) is 5.79 Å². The molecule has 37 heavy (non-hydrogen) atoms. The molecular weight excluding hydrogens is 460 g/mol. The van der Waals surface area contributed by atoms with Gasteiger partial charge in [-0.3, -0.25) is 4.79 Å². The lowest BCUT2D eigenvalue weighted by Gasteiger charge is -2.62. The molecule has 6 rings (SSSR count). The fraction of sp³-hybridized carbons (Fsp3) is 0.727. The van der Waals surface area contributed by atoms with Gasteiger partial charge in [0.1, 0.15) is 11.9 Å². The Kier molecular flexibility index (Phi) is 6.49. The van der Waals surface area contributed by atoms with Crippen molar-refractivity contribution in [3.05, 3.63) is 42.5 Å². The van der Waals surface area contributed by atoms with E-state index < -0.39 is 5.79 Å². The van der Waals surface area contributed by atoms with Crippen LogP contribution < -0.4 is 0 Å². The lowest BCUT2D eigenvalue weighted by atomic mass is 9.44. The summed E-state index contributed by atoms with van der Waals surface area (Å²) >= 11 is 0. The highest BCUT2D eigenvalue weighted by molar-refractivity contribution is 5.78. The van der Waals surface area contributed by atoms with Crippen LogP contribution in [0.25, 0.3) is 5.57 Å². The average Bonchev–Trinajstić information content (AvgIpc) is 3.26. The average molecular weight is 507 g/mol. The molecule has 4 nitrogen and oxygen atoms in total. The predicted molar refractivity (Wildman–Crippen MR) is 145 cm³/mol. The third-order valence-corrected chi connectivity index (χ3v) is 12.3. The van der Waals surface area contributed by atoms with Crippen molar-refractivity contribution in [3.8, 4) is 0 Å². The van der Waals surface area contributed by atoms with E-state index in [1.54, 1.807) is 6.92 Å². The topological polar surface area (TPSA) is 44.8 Å². The van der Waals surface area contributed by atoms with Crippen molar-refractivity contribution >= 4 is 11.4 Å². The first kappa shape index (κ1) is 25.8. The zero-order valence-electron chi connectivity index (χ0n) is 23.3. The smallest absolute Gasteiger partial charge is 0.202 e. The summed E-state index contributed by atoms with van der Waals surface area (Å²) in [7, 11) is 0. The Bertz CT molecular complexity index is 1030. The van der Waals surface area contributed by atoms with Crippen LogP contribution in [0, 0.1) is 46.3 Å². The monoisotopic (exact) mass is 506 g/mol. The molecule has 0 aromatic heterocycles. The van der Waals surface area contributed by atoms with Crippen molar-refractivity contribution < 1.29 is 19.3 Å². The quantitative estimate of drug-likeness (QED) is 0.394. The summed E-state index contributed by atoms with van der Waals surface area (Å²) in [5.74, 6) is 3.52. The molecule has 10 atom stereocenters. The first-order chi connectivity index (χ1) is 17.7. The lowest BCUT2D eigenvalue weighted by molar-refractivity contribution is -0.489. The Hall–Kier alpha value is -1.49. The molecule has 1 aromatic carbocycles. The van der Waals surface area contributed by atoms with E-state index in [-0.39, 0.29) is 12.0 Å². The van der Waals surface area contributed by atoms with Gasteiger partial charge in [0.05, 0.1) is 6.61 Å². The molecule has 5 fully saturated rings. The van der Waals surface area contributed by atoms with E-state index in [2.05, 4.69) is 39.5 Å². The standard InChI is InChI=1S/C33H46O4/c1-21(23(3)34)27-13-14-28-26-12-11-25-19-33(18-17-31(25,4)29(26)15-16-32(27,28)5)35-20-30(36-37-33)22(2)24-9-7-6-8-10-24/h6-10,21,25-30H,2,11-20H2,1,3-5H3/t21?,25-,26?,27?,28?,29?,30?,31+,32-,33?/m1/s1. The summed E-state index contributed by atoms with van der Waals surface area (Å²) in [6.45, 7) is 13.9. The van der Waals surface area contributed by atoms with Crippen LogP contribution in [-0.2, 0) is 19.3 Å². The first-order valence-corrected chi connectivity index (χ1v) is 14.9. The molecule has 0 amide bonds. The molecule has 1 aliphatic heterocycles. The molecule has 0 bridgehead atoms. The molecule has 1 saturated heterocycles. The highest BCUT2D eigenvalue weighted by Gasteiger charge is 2.63. The first-order valence-electron chi connectivity index (χ1n) is 14.9. The normalized spacial score (nSPS) is 45.9. The van der Waals surface area contributed by atoms with Gasteiger partial charge in [-0.1, -0.05) is 57.7 Å². The molecule has 4 saturated carbocycles. The highest BCUT2D eigenvalue weighted by atomic mass is 17.2. The summed E-state index contributed by atoms with van der Waals surface area (Å²) in [6.07, 6.45) is 10.4. The second kappa shape index (κ2) is 9.31. The van der Waals surface area contributed by atoms with Crippen LogP contribution in [0.3, 0.4) is 0 Å². The molecule has 1 aromatic rings. The van der Waals surface area contributed by atoms with Gasteiger partial charge in [-0.25, -0.2) is 9.78 Å². The van der Waals surface area contributed by atoms with E-state index in [0.717, 1.165) is 48.2 Å². The maximum atomic E-state index is 12.3. The minimum Gasteiger partial charge on any atom is -0.344 e. The van der Waals surface area contributed by atoms with E-state index in [0.29, 0.717) is 35.1 Å². The van der Waals surface area contributed by atoms with Crippen LogP contribution in [0.4, 0.5) is 0 Å². The molecule has 4 heteroatoms. The molecule has 1 heterocycles. The minimum atomic E-state index is -0.608. The van der Waals surface area contributed by atoms with Crippen LogP contribution >= 0.6 is 0 Å². The van der Waals surface area contributed by atoms with Crippen LogP contribution in [0.5, 0.6) is 0 Å². The van der Waals surface area contributed by atoms with Gasteiger partial charge >= 0.3 is 0 Å². The van der Waals surface area contributed by atoms with Gasteiger partial charge < -0.3 is 4.74 Å². The van der Waals surface area contributed by atoms with Crippen LogP contribution in [0.15, 0.2) is 36.9 Å². The van der Waals surface area contributed by atoms with Gasteiger partial charge in [0, 0.05) is 18.8 Å². The van der Waals surface area contributed by atoms with Crippen LogP contribution in [-0.4, -0.2) is 24.3 Å². The summed E-state index contributed by atoms with van der Waals surface area (Å²) in [4.78, 5) is 24.4. The molecule has 4 aliphatic carbocycles. The Morgan fingerprint density at radius 3 is 2.43 bits per heavy atom. The van der Waals surface area contributed by atoms with Crippen molar-refractivity contribution in [2.45, 2.75) is 97.4 Å². The number of ether oxygens (including phenoxy) is 1. The largest absolute Gasteiger partial charge is 0.344 e. The summed E-state index contributed by atoms with van der Waals surface area (Å²) in [6, 6.07) is 10.2. The fourth-order valence-corrected chi connectivity index (χ4v) is 9.97. The number of hydrogen-bond acceptors (Lipinski definition) is 4. The van der Waals surface area contributed by atoms with Crippen molar-refractivity contribution in [2.24, 2.45) is 46.3 Å². The van der Waals surface area contributed by atoms with Gasteiger partial charge in [-0.2, -0.15) is 0 Å². The summed E-state index contributed by atoms with van der Waals surface area (Å²) in [5.41, 5.74) is 2.67. The fourth-order valence-electron chi connectivity index (χ4n) is 9.97. The highest BCUT2D eigenvalue weighted by Crippen LogP contribution is 2.69. The molecule has 202 valence electrons. The number of benzene rings is 1. The van der Waals surface area contributed by atoms with E-state index in [1.165, 1.54) is 38.5 Å². The maximum Gasteiger partial charge on any atom is 0.202 e. The molecule has 7 unspecified atom stereocenters. The zero-order valence-corrected chi connectivity index (χ0v) is 23.3. The van der Waals surface area contributed by atoms with Crippen LogP contribution in [0.1, 0.15) is 91.0 Å². The van der Waals surface area contributed by atoms with Gasteiger partial charge in [-0.15, -0.1) is 0 Å². The third kappa shape index (κ3) is 4.08. The van der Waals surface area contributed by atoms with Gasteiger partial charge in [0.25, 0.3) is 0 Å². The summed E-state index contributed by atoms with van der Waals surface area (Å²) < 4.78 is 6.50. The molecule has 0 radical (unpaired) electrons. The molecular formula is C33H46O4.